The van der Waals surface area contributed by atoms with Crippen LogP contribution in [0.15, 0.2) is 18.2 Å². The molecule has 1 aromatic rings. The topological polar surface area (TPSA) is 56.4 Å². The van der Waals surface area contributed by atoms with Gasteiger partial charge < -0.3 is 10.6 Å². The van der Waals surface area contributed by atoms with Crippen LogP contribution in [0.5, 0.6) is 0 Å². The minimum atomic E-state index is -0.332. The molecule has 0 aromatic heterocycles. The number of nitrogens with two attached hydrogens (primary N) is 1. The SMILES string of the molecule is CN1CCCC(N(C)Cc2cc(F)cc(C(=N)N)c2)C1. The first-order valence-electron chi connectivity index (χ1n) is 6.98. The summed E-state index contributed by atoms with van der Waals surface area (Å²) in [7, 11) is 4.21. The summed E-state index contributed by atoms with van der Waals surface area (Å²) >= 11 is 0. The van der Waals surface area contributed by atoms with E-state index < -0.39 is 0 Å². The number of nitrogen functional groups attached to an aromatic ring is 1. The van der Waals surface area contributed by atoms with E-state index in [1.807, 2.05) is 0 Å². The third-order valence-electron chi connectivity index (χ3n) is 3.92. The van der Waals surface area contributed by atoms with E-state index in [9.17, 15) is 4.39 Å². The molecule has 1 heterocycles. The van der Waals surface area contributed by atoms with Crippen LogP contribution in [0.4, 0.5) is 4.39 Å². The quantitative estimate of drug-likeness (QED) is 0.650. The fraction of sp³-hybridized carbons (Fsp3) is 0.533. The number of hydrogen-bond donors (Lipinski definition) is 2. The molecule has 1 unspecified atom stereocenters. The molecule has 1 aliphatic heterocycles. The molecule has 0 amide bonds. The third-order valence-corrected chi connectivity index (χ3v) is 3.92. The van der Waals surface area contributed by atoms with Gasteiger partial charge in [-0.3, -0.25) is 10.3 Å². The largest absolute Gasteiger partial charge is 0.384 e. The Bertz CT molecular complexity index is 489. The predicted molar refractivity (Wildman–Crippen MR) is 79.4 cm³/mol. The van der Waals surface area contributed by atoms with Gasteiger partial charge in [0.1, 0.15) is 11.7 Å². The minimum Gasteiger partial charge on any atom is -0.384 e. The Labute approximate surface area is 119 Å². The van der Waals surface area contributed by atoms with E-state index >= 15 is 0 Å². The molecule has 4 nitrogen and oxygen atoms in total. The van der Waals surface area contributed by atoms with Crippen molar-refractivity contribution in [3.8, 4) is 0 Å². The summed E-state index contributed by atoms with van der Waals surface area (Å²) in [4.78, 5) is 4.59. The van der Waals surface area contributed by atoms with E-state index in [1.54, 1.807) is 6.07 Å². The van der Waals surface area contributed by atoms with Crippen molar-refractivity contribution in [1.29, 1.82) is 5.41 Å². The molecule has 3 N–H and O–H groups in total. The lowest BCUT2D eigenvalue weighted by atomic mass is 10.0. The van der Waals surface area contributed by atoms with E-state index in [2.05, 4.69) is 23.9 Å². The van der Waals surface area contributed by atoms with Gasteiger partial charge in [0.05, 0.1) is 0 Å². The second-order valence-electron chi connectivity index (χ2n) is 5.74. The summed E-state index contributed by atoms with van der Waals surface area (Å²) in [6.07, 6.45) is 2.38. The Hall–Kier alpha value is -1.46. The van der Waals surface area contributed by atoms with Crippen LogP contribution in [-0.4, -0.2) is 48.9 Å². The number of hydrogen-bond acceptors (Lipinski definition) is 3. The monoisotopic (exact) mass is 278 g/mol. The highest BCUT2D eigenvalue weighted by Gasteiger charge is 2.21. The van der Waals surface area contributed by atoms with Crippen LogP contribution < -0.4 is 5.73 Å². The molecule has 1 aromatic carbocycles. The number of rotatable bonds is 4. The summed E-state index contributed by atoms with van der Waals surface area (Å²) < 4.78 is 13.6. The van der Waals surface area contributed by atoms with Crippen LogP contribution in [-0.2, 0) is 6.54 Å². The summed E-state index contributed by atoms with van der Waals surface area (Å²) in [5, 5.41) is 7.42. The molecule has 20 heavy (non-hydrogen) atoms. The van der Waals surface area contributed by atoms with Gasteiger partial charge in [-0.2, -0.15) is 0 Å². The molecule has 0 spiro atoms. The molecular formula is C15H23FN4. The van der Waals surface area contributed by atoms with Gasteiger partial charge in [-0.15, -0.1) is 0 Å². The lowest BCUT2D eigenvalue weighted by molar-refractivity contribution is 0.129. The second kappa shape index (κ2) is 6.33. The van der Waals surface area contributed by atoms with Crippen molar-refractivity contribution in [2.75, 3.05) is 27.2 Å². The lowest BCUT2D eigenvalue weighted by Gasteiger charge is -2.36. The lowest BCUT2D eigenvalue weighted by Crippen LogP contribution is -2.44. The van der Waals surface area contributed by atoms with Gasteiger partial charge in [-0.25, -0.2) is 4.39 Å². The van der Waals surface area contributed by atoms with Gasteiger partial charge in [-0.1, -0.05) is 0 Å². The van der Waals surface area contributed by atoms with Gasteiger partial charge >= 0.3 is 0 Å². The Morgan fingerprint density at radius 3 is 2.90 bits per heavy atom. The van der Waals surface area contributed by atoms with Crippen molar-refractivity contribution in [2.45, 2.75) is 25.4 Å². The van der Waals surface area contributed by atoms with E-state index in [4.69, 9.17) is 11.1 Å². The highest BCUT2D eigenvalue weighted by Crippen LogP contribution is 2.17. The van der Waals surface area contributed by atoms with Crippen molar-refractivity contribution in [3.63, 3.8) is 0 Å². The van der Waals surface area contributed by atoms with E-state index in [-0.39, 0.29) is 11.7 Å². The van der Waals surface area contributed by atoms with Crippen molar-refractivity contribution >= 4 is 5.84 Å². The van der Waals surface area contributed by atoms with Crippen LogP contribution in [0.25, 0.3) is 0 Å². The average Bonchev–Trinajstić information content (AvgIpc) is 2.37. The zero-order chi connectivity index (χ0) is 14.7. The molecule has 110 valence electrons. The number of likely N-dealkylation sites (N-methyl/N-ethyl adjacent to an activating group) is 2. The molecule has 0 saturated carbocycles. The standard InChI is InChI=1S/C15H23FN4/c1-19-5-3-4-14(10-19)20(2)9-11-6-12(15(17)18)8-13(16)7-11/h6-8,14H,3-5,9-10H2,1-2H3,(H3,17,18). The molecule has 2 rings (SSSR count). The van der Waals surface area contributed by atoms with Crippen LogP contribution >= 0.6 is 0 Å². The molecule has 5 heteroatoms. The maximum Gasteiger partial charge on any atom is 0.124 e. The maximum absolute atomic E-state index is 13.6. The number of amidine groups is 1. The summed E-state index contributed by atoms with van der Waals surface area (Å²) in [6.45, 7) is 2.88. The van der Waals surface area contributed by atoms with Crippen LogP contribution in [0, 0.1) is 11.2 Å². The fourth-order valence-electron chi connectivity index (χ4n) is 2.81. The van der Waals surface area contributed by atoms with Gasteiger partial charge in [0.25, 0.3) is 0 Å². The zero-order valence-electron chi connectivity index (χ0n) is 12.2. The zero-order valence-corrected chi connectivity index (χ0v) is 12.2. The first-order chi connectivity index (χ1) is 9.45. The number of piperidine rings is 1. The van der Waals surface area contributed by atoms with Gasteiger partial charge in [0.15, 0.2) is 0 Å². The predicted octanol–water partition coefficient (Wildman–Crippen LogP) is 1.64. The maximum atomic E-state index is 13.6. The summed E-state index contributed by atoms with van der Waals surface area (Å²) in [6, 6.07) is 5.13. The van der Waals surface area contributed by atoms with Crippen molar-refractivity contribution < 1.29 is 4.39 Å². The Morgan fingerprint density at radius 1 is 1.50 bits per heavy atom. The van der Waals surface area contributed by atoms with Gasteiger partial charge in [-0.05, 0) is 57.2 Å². The Kier molecular flexibility index (Phi) is 4.73. The molecule has 0 aliphatic carbocycles. The number of likely N-dealkylation sites (tertiary alicyclic amines) is 1. The van der Waals surface area contributed by atoms with Crippen LogP contribution in [0.1, 0.15) is 24.0 Å². The highest BCUT2D eigenvalue weighted by molar-refractivity contribution is 5.95. The van der Waals surface area contributed by atoms with E-state index in [0.717, 1.165) is 18.7 Å². The Balaban J connectivity index is 2.07. The van der Waals surface area contributed by atoms with Crippen LogP contribution in [0.2, 0.25) is 0 Å². The number of halogens is 1. The van der Waals surface area contributed by atoms with Crippen LogP contribution in [0.3, 0.4) is 0 Å². The molecule has 0 bridgehead atoms. The first kappa shape index (κ1) is 14.9. The van der Waals surface area contributed by atoms with Gasteiger partial charge in [0, 0.05) is 24.7 Å². The second-order valence-corrected chi connectivity index (χ2v) is 5.74. The molecule has 1 fully saturated rings. The van der Waals surface area contributed by atoms with E-state index in [1.165, 1.54) is 25.0 Å². The third kappa shape index (κ3) is 3.77. The number of nitrogens with zero attached hydrogens (tertiary/aromatic N) is 2. The van der Waals surface area contributed by atoms with Gasteiger partial charge in [0.2, 0.25) is 0 Å². The molecule has 1 aliphatic rings. The molecular weight excluding hydrogens is 255 g/mol. The van der Waals surface area contributed by atoms with Crippen molar-refractivity contribution in [3.05, 3.63) is 35.1 Å². The van der Waals surface area contributed by atoms with E-state index in [0.29, 0.717) is 18.2 Å². The number of benzene rings is 1. The average molecular weight is 278 g/mol. The molecule has 1 saturated heterocycles. The number of nitrogens with one attached hydrogen (secondary N) is 1. The summed E-state index contributed by atoms with van der Waals surface area (Å²) in [5.41, 5.74) is 6.76. The molecule has 0 radical (unpaired) electrons. The smallest absolute Gasteiger partial charge is 0.124 e. The normalized spacial score (nSPS) is 20.3. The fourth-order valence-corrected chi connectivity index (χ4v) is 2.81. The van der Waals surface area contributed by atoms with Crippen molar-refractivity contribution in [1.82, 2.24) is 9.80 Å². The highest BCUT2D eigenvalue weighted by atomic mass is 19.1. The Morgan fingerprint density at radius 2 is 2.25 bits per heavy atom. The first-order valence-corrected chi connectivity index (χ1v) is 6.98. The molecule has 1 atom stereocenters. The minimum absolute atomic E-state index is 0.0918. The summed E-state index contributed by atoms with van der Waals surface area (Å²) in [5.74, 6) is -0.423. The van der Waals surface area contributed by atoms with Crippen molar-refractivity contribution in [2.24, 2.45) is 5.73 Å².